The first-order valence-electron chi connectivity index (χ1n) is 13.6. The van der Waals surface area contributed by atoms with Crippen molar-refractivity contribution in [2.45, 2.75) is 19.4 Å². The van der Waals surface area contributed by atoms with Crippen molar-refractivity contribution in [1.82, 2.24) is 19.4 Å². The molecule has 0 unspecified atom stereocenters. The van der Waals surface area contributed by atoms with Gasteiger partial charge >= 0.3 is 0 Å². The monoisotopic (exact) mass is 560 g/mol. The van der Waals surface area contributed by atoms with Crippen molar-refractivity contribution in [2.24, 2.45) is 0 Å². The summed E-state index contributed by atoms with van der Waals surface area (Å²) in [5.74, 6) is 1.04. The summed E-state index contributed by atoms with van der Waals surface area (Å²) >= 11 is 0. The van der Waals surface area contributed by atoms with Crippen LogP contribution in [-0.2, 0) is 19.4 Å². The molecule has 0 spiro atoms. The molecule has 1 aliphatic rings. The first-order valence-corrected chi connectivity index (χ1v) is 13.6. The molecule has 9 nitrogen and oxygen atoms in total. The molecule has 3 heterocycles. The van der Waals surface area contributed by atoms with Crippen LogP contribution in [0.3, 0.4) is 0 Å². The molecule has 0 fully saturated rings. The van der Waals surface area contributed by atoms with Gasteiger partial charge < -0.3 is 9.47 Å². The molecule has 42 heavy (non-hydrogen) atoms. The Bertz CT molecular complexity index is 1850. The van der Waals surface area contributed by atoms with Crippen LogP contribution in [0.15, 0.2) is 90.0 Å². The molecular weight excluding hydrogens is 532 g/mol. The Kier molecular flexibility index (Phi) is 7.23. The van der Waals surface area contributed by atoms with E-state index in [1.165, 1.54) is 4.90 Å². The van der Waals surface area contributed by atoms with Gasteiger partial charge in [-0.1, -0.05) is 30.3 Å². The molecule has 0 saturated carbocycles. The number of aromatic nitrogens is 3. The molecule has 0 aliphatic carbocycles. The lowest BCUT2D eigenvalue weighted by molar-refractivity contribution is 0.0655. The van der Waals surface area contributed by atoms with E-state index in [0.717, 1.165) is 16.7 Å². The highest BCUT2D eigenvalue weighted by atomic mass is 16.5. The largest absolute Gasteiger partial charge is 0.493 e. The fourth-order valence-electron chi connectivity index (χ4n) is 5.33. The number of fused-ring (bicyclic) bond motifs is 2. The number of nitrogens with zero attached hydrogens (tertiary/aromatic N) is 4. The van der Waals surface area contributed by atoms with Crippen LogP contribution in [0.25, 0.3) is 22.0 Å². The molecule has 0 N–H and O–H groups in total. The highest BCUT2D eigenvalue weighted by molar-refractivity contribution is 6.21. The van der Waals surface area contributed by atoms with Crippen LogP contribution >= 0.6 is 0 Å². The number of pyridine rings is 1. The molecule has 3 aromatic carbocycles. The topological polar surface area (TPSA) is 104 Å². The number of aryl methyl sites for hydroxylation is 1. The second kappa shape index (κ2) is 11.3. The minimum absolute atomic E-state index is 0.100. The summed E-state index contributed by atoms with van der Waals surface area (Å²) in [4.78, 5) is 50.2. The Morgan fingerprint density at radius 3 is 2.19 bits per heavy atom. The molecule has 2 aromatic heterocycles. The molecule has 9 heteroatoms. The third kappa shape index (κ3) is 4.89. The average Bonchev–Trinajstić information content (AvgIpc) is 3.28. The van der Waals surface area contributed by atoms with Crippen molar-refractivity contribution in [3.63, 3.8) is 0 Å². The third-order valence-electron chi connectivity index (χ3n) is 7.54. The number of amides is 2. The Labute approximate surface area is 242 Å². The second-order valence-corrected chi connectivity index (χ2v) is 9.96. The number of carbonyl (C=O) groups excluding carboxylic acids is 2. The molecule has 0 bridgehead atoms. The number of rotatable bonds is 9. The summed E-state index contributed by atoms with van der Waals surface area (Å²) in [5, 5.41) is 0.486. The van der Waals surface area contributed by atoms with E-state index in [-0.39, 0.29) is 30.3 Å². The Morgan fingerprint density at radius 2 is 1.50 bits per heavy atom. The maximum absolute atomic E-state index is 13.9. The van der Waals surface area contributed by atoms with Gasteiger partial charge in [0.15, 0.2) is 11.5 Å². The minimum Gasteiger partial charge on any atom is -0.493 e. The van der Waals surface area contributed by atoms with Crippen LogP contribution < -0.4 is 15.0 Å². The van der Waals surface area contributed by atoms with Crippen LogP contribution in [0.2, 0.25) is 0 Å². The van der Waals surface area contributed by atoms with Gasteiger partial charge in [-0.15, -0.1) is 0 Å². The van der Waals surface area contributed by atoms with Gasteiger partial charge in [-0.2, -0.15) is 0 Å². The fourth-order valence-corrected chi connectivity index (χ4v) is 5.33. The molecule has 1 aliphatic heterocycles. The number of ether oxygens (including phenoxy) is 2. The van der Waals surface area contributed by atoms with Crippen molar-refractivity contribution in [2.75, 3.05) is 20.8 Å². The predicted molar refractivity (Wildman–Crippen MR) is 158 cm³/mol. The average molecular weight is 561 g/mol. The SMILES string of the molecule is COc1ccc(CCn2c(CCN3C(=O)c4ccccc4C3=O)nc3cc(-c4cccnc4)ccc3c2=O)cc1OC. The van der Waals surface area contributed by atoms with Crippen molar-refractivity contribution in [3.8, 4) is 22.6 Å². The Hall–Kier alpha value is -5.31. The van der Waals surface area contributed by atoms with E-state index in [1.54, 1.807) is 61.5 Å². The molecular formula is C33H28N4O5. The first-order chi connectivity index (χ1) is 20.5. The molecule has 0 saturated heterocycles. The van der Waals surface area contributed by atoms with Crippen molar-refractivity contribution < 1.29 is 19.1 Å². The minimum atomic E-state index is -0.338. The van der Waals surface area contributed by atoms with Crippen molar-refractivity contribution in [1.29, 1.82) is 0 Å². The maximum atomic E-state index is 13.9. The summed E-state index contributed by atoms with van der Waals surface area (Å²) in [6, 6.07) is 21.8. The maximum Gasteiger partial charge on any atom is 0.261 e. The van der Waals surface area contributed by atoms with Crippen LogP contribution in [0.1, 0.15) is 32.1 Å². The van der Waals surface area contributed by atoms with Gasteiger partial charge in [-0.05, 0) is 60.0 Å². The lowest BCUT2D eigenvalue weighted by Crippen LogP contribution is -2.34. The Morgan fingerprint density at radius 1 is 0.738 bits per heavy atom. The lowest BCUT2D eigenvalue weighted by atomic mass is 10.1. The zero-order valence-corrected chi connectivity index (χ0v) is 23.2. The van der Waals surface area contributed by atoms with E-state index in [0.29, 0.717) is 52.3 Å². The molecule has 5 aromatic rings. The van der Waals surface area contributed by atoms with E-state index < -0.39 is 0 Å². The van der Waals surface area contributed by atoms with E-state index in [1.807, 2.05) is 42.5 Å². The number of benzene rings is 3. The van der Waals surface area contributed by atoms with Crippen molar-refractivity contribution >= 4 is 22.7 Å². The van der Waals surface area contributed by atoms with Gasteiger partial charge in [0.25, 0.3) is 17.4 Å². The summed E-state index contributed by atoms with van der Waals surface area (Å²) in [6.45, 7) is 0.446. The predicted octanol–water partition coefficient (Wildman–Crippen LogP) is 4.56. The molecule has 2 amide bonds. The molecule has 0 atom stereocenters. The summed E-state index contributed by atoms with van der Waals surface area (Å²) in [6.07, 6.45) is 4.22. The van der Waals surface area contributed by atoms with E-state index in [2.05, 4.69) is 4.98 Å². The van der Waals surface area contributed by atoms with Crippen LogP contribution in [0.5, 0.6) is 11.5 Å². The second-order valence-electron chi connectivity index (χ2n) is 9.96. The standard InChI is InChI=1S/C33H28N4O5/c1-41-28-12-9-21(18-29(28)42-2)13-16-36-30(14-17-37-31(38)24-7-3-4-8-25(24)32(37)39)35-27-19-22(10-11-26(27)33(36)40)23-6-5-15-34-20-23/h3-12,15,18-20H,13-14,16-17H2,1-2H3. The fraction of sp³-hybridized carbons (Fsp3) is 0.182. The number of hydrogen-bond acceptors (Lipinski definition) is 7. The van der Waals surface area contributed by atoms with Gasteiger partial charge in [0, 0.05) is 37.5 Å². The van der Waals surface area contributed by atoms with Crippen LogP contribution in [-0.4, -0.2) is 52.0 Å². The smallest absolute Gasteiger partial charge is 0.261 e. The van der Waals surface area contributed by atoms with Gasteiger partial charge in [0.05, 0.1) is 36.2 Å². The van der Waals surface area contributed by atoms with Gasteiger partial charge in [0.1, 0.15) is 5.82 Å². The summed E-state index contributed by atoms with van der Waals surface area (Å²) in [7, 11) is 3.16. The van der Waals surface area contributed by atoms with Gasteiger partial charge in [-0.25, -0.2) is 4.98 Å². The summed E-state index contributed by atoms with van der Waals surface area (Å²) in [5.41, 5.74) is 3.89. The quantitative estimate of drug-likeness (QED) is 0.244. The number of carbonyl (C=O) groups is 2. The third-order valence-corrected chi connectivity index (χ3v) is 7.54. The normalized spacial score (nSPS) is 12.6. The van der Waals surface area contributed by atoms with E-state index >= 15 is 0 Å². The van der Waals surface area contributed by atoms with Crippen molar-refractivity contribution in [3.05, 3.63) is 118 Å². The van der Waals surface area contributed by atoms with Crippen LogP contribution in [0, 0.1) is 0 Å². The zero-order chi connectivity index (χ0) is 29.2. The number of hydrogen-bond donors (Lipinski definition) is 0. The van der Waals surface area contributed by atoms with Gasteiger partial charge in [-0.3, -0.25) is 28.8 Å². The highest BCUT2D eigenvalue weighted by Crippen LogP contribution is 2.28. The summed E-state index contributed by atoms with van der Waals surface area (Å²) < 4.78 is 12.4. The number of methoxy groups -OCH3 is 2. The Balaban J connectivity index is 1.36. The molecule has 210 valence electrons. The first kappa shape index (κ1) is 26.9. The zero-order valence-electron chi connectivity index (χ0n) is 23.2. The van der Waals surface area contributed by atoms with E-state index in [4.69, 9.17) is 14.5 Å². The van der Waals surface area contributed by atoms with Crippen LogP contribution in [0.4, 0.5) is 0 Å². The molecule has 6 rings (SSSR count). The number of imide groups is 1. The lowest BCUT2D eigenvalue weighted by Gasteiger charge is -2.18. The highest BCUT2D eigenvalue weighted by Gasteiger charge is 2.35. The van der Waals surface area contributed by atoms with E-state index in [9.17, 15) is 14.4 Å². The molecule has 0 radical (unpaired) electrons. The van der Waals surface area contributed by atoms with Gasteiger partial charge in [0.2, 0.25) is 0 Å².